The second-order valence-corrected chi connectivity index (χ2v) is 6.90. The molecule has 0 bridgehead atoms. The summed E-state index contributed by atoms with van der Waals surface area (Å²) >= 11 is 1.77. The number of anilines is 2. The molecule has 8 heteroatoms. The Morgan fingerprint density at radius 3 is 3.04 bits per heavy atom. The van der Waals surface area contributed by atoms with E-state index in [2.05, 4.69) is 10.6 Å². The summed E-state index contributed by atoms with van der Waals surface area (Å²) in [5.74, 6) is 3.22. The van der Waals surface area contributed by atoms with Crippen LogP contribution < -0.4 is 20.3 Å². The maximum absolute atomic E-state index is 12.0. The smallest absolute Gasteiger partial charge is 0.319 e. The molecule has 0 radical (unpaired) electrons. The highest BCUT2D eigenvalue weighted by atomic mass is 32.2. The number of hydrogen-bond donors (Lipinski definition) is 2. The first kappa shape index (κ1) is 18.2. The summed E-state index contributed by atoms with van der Waals surface area (Å²) in [6.45, 7) is 0.602. The molecule has 1 aromatic heterocycles. The Balaban J connectivity index is 1.37. The van der Waals surface area contributed by atoms with E-state index in [4.69, 9.17) is 9.15 Å². The molecule has 0 aliphatic carbocycles. The summed E-state index contributed by atoms with van der Waals surface area (Å²) < 4.78 is 10.7. The van der Waals surface area contributed by atoms with Gasteiger partial charge in [0, 0.05) is 25.3 Å². The molecule has 2 aromatic rings. The minimum absolute atomic E-state index is 0.00875. The minimum Gasteiger partial charge on any atom is -0.481 e. The number of amides is 3. The summed E-state index contributed by atoms with van der Waals surface area (Å²) in [6, 6.07) is 8.79. The van der Waals surface area contributed by atoms with Crippen molar-refractivity contribution in [2.24, 2.45) is 0 Å². The molecule has 0 fully saturated rings. The number of hydrogen-bond acceptors (Lipinski definition) is 5. The van der Waals surface area contributed by atoms with Crippen molar-refractivity contribution in [1.29, 1.82) is 0 Å². The molecule has 3 amide bonds. The SMILES string of the molecule is CN1C(=O)COc2cc(NC(=O)NCCCSCc3ccco3)ccc21. The topological polar surface area (TPSA) is 83.8 Å². The van der Waals surface area contributed by atoms with Crippen LogP contribution in [-0.2, 0) is 10.5 Å². The van der Waals surface area contributed by atoms with Gasteiger partial charge in [-0.25, -0.2) is 4.79 Å². The number of rotatable bonds is 7. The van der Waals surface area contributed by atoms with Crippen molar-refractivity contribution in [3.63, 3.8) is 0 Å². The van der Waals surface area contributed by atoms with Gasteiger partial charge >= 0.3 is 6.03 Å². The lowest BCUT2D eigenvalue weighted by Crippen LogP contribution is -2.35. The van der Waals surface area contributed by atoms with Crippen molar-refractivity contribution in [2.75, 3.05) is 36.2 Å². The van der Waals surface area contributed by atoms with Crippen LogP contribution in [0.25, 0.3) is 0 Å². The number of carbonyl (C=O) groups is 2. The van der Waals surface area contributed by atoms with E-state index in [0.717, 1.165) is 23.7 Å². The summed E-state index contributed by atoms with van der Waals surface area (Å²) in [6.07, 6.45) is 2.54. The summed E-state index contributed by atoms with van der Waals surface area (Å²) in [5.41, 5.74) is 1.32. The molecule has 0 atom stereocenters. The van der Waals surface area contributed by atoms with Crippen LogP contribution in [0.1, 0.15) is 12.2 Å². The van der Waals surface area contributed by atoms with E-state index in [1.165, 1.54) is 0 Å². The molecule has 3 rings (SSSR count). The Labute approximate surface area is 156 Å². The highest BCUT2D eigenvalue weighted by molar-refractivity contribution is 7.98. The van der Waals surface area contributed by atoms with Gasteiger partial charge in [0.2, 0.25) is 0 Å². The van der Waals surface area contributed by atoms with Crippen molar-refractivity contribution in [3.8, 4) is 5.75 Å². The van der Waals surface area contributed by atoms with Crippen LogP contribution in [0.3, 0.4) is 0 Å². The first-order chi connectivity index (χ1) is 12.6. The van der Waals surface area contributed by atoms with Gasteiger partial charge in [0.1, 0.15) is 11.5 Å². The van der Waals surface area contributed by atoms with Gasteiger partial charge in [0.15, 0.2) is 6.61 Å². The minimum atomic E-state index is -0.263. The maximum atomic E-state index is 12.0. The third-order valence-corrected chi connectivity index (χ3v) is 4.95. The molecule has 26 heavy (non-hydrogen) atoms. The average molecular weight is 375 g/mol. The lowest BCUT2D eigenvalue weighted by molar-refractivity contribution is -0.120. The highest BCUT2D eigenvalue weighted by Gasteiger charge is 2.22. The fourth-order valence-corrected chi connectivity index (χ4v) is 3.33. The van der Waals surface area contributed by atoms with E-state index in [1.807, 2.05) is 12.1 Å². The van der Waals surface area contributed by atoms with E-state index in [9.17, 15) is 9.59 Å². The van der Waals surface area contributed by atoms with Gasteiger partial charge in [0.25, 0.3) is 5.91 Å². The number of ether oxygens (including phenoxy) is 1. The Hall–Kier alpha value is -2.61. The first-order valence-corrected chi connectivity index (χ1v) is 9.47. The fraction of sp³-hybridized carbons (Fsp3) is 0.333. The van der Waals surface area contributed by atoms with Crippen molar-refractivity contribution < 1.29 is 18.7 Å². The normalized spacial score (nSPS) is 13.1. The molecular weight excluding hydrogens is 354 g/mol. The van der Waals surface area contributed by atoms with Crippen LogP contribution in [-0.4, -0.2) is 37.9 Å². The zero-order valence-corrected chi connectivity index (χ0v) is 15.3. The Kier molecular flexibility index (Phi) is 6.06. The quantitative estimate of drug-likeness (QED) is 0.727. The predicted molar refractivity (Wildman–Crippen MR) is 102 cm³/mol. The molecule has 138 valence electrons. The Morgan fingerprint density at radius 2 is 2.23 bits per heavy atom. The van der Waals surface area contributed by atoms with Gasteiger partial charge < -0.3 is 24.7 Å². The number of urea groups is 1. The van der Waals surface area contributed by atoms with Gasteiger partial charge in [-0.1, -0.05) is 0 Å². The zero-order valence-electron chi connectivity index (χ0n) is 14.5. The van der Waals surface area contributed by atoms with E-state index in [-0.39, 0.29) is 18.5 Å². The molecule has 7 nitrogen and oxygen atoms in total. The molecule has 1 aliphatic rings. The molecule has 0 saturated heterocycles. The molecule has 1 aromatic carbocycles. The highest BCUT2D eigenvalue weighted by Crippen LogP contribution is 2.33. The lowest BCUT2D eigenvalue weighted by atomic mass is 10.2. The van der Waals surface area contributed by atoms with Gasteiger partial charge in [-0.2, -0.15) is 11.8 Å². The van der Waals surface area contributed by atoms with Gasteiger partial charge in [-0.3, -0.25) is 4.79 Å². The van der Waals surface area contributed by atoms with Gasteiger partial charge in [0.05, 0.1) is 17.7 Å². The molecule has 0 spiro atoms. The van der Waals surface area contributed by atoms with Crippen molar-refractivity contribution in [3.05, 3.63) is 42.4 Å². The van der Waals surface area contributed by atoms with Crippen LogP contribution in [0.5, 0.6) is 5.75 Å². The van der Waals surface area contributed by atoms with Crippen LogP contribution >= 0.6 is 11.8 Å². The second kappa shape index (κ2) is 8.66. The molecule has 1 aliphatic heterocycles. The molecule has 0 unspecified atom stereocenters. The van der Waals surface area contributed by atoms with Crippen LogP contribution in [0.2, 0.25) is 0 Å². The van der Waals surface area contributed by atoms with E-state index >= 15 is 0 Å². The second-order valence-electron chi connectivity index (χ2n) is 5.79. The fourth-order valence-electron chi connectivity index (χ4n) is 2.47. The van der Waals surface area contributed by atoms with E-state index in [0.29, 0.717) is 23.7 Å². The number of furan rings is 1. The monoisotopic (exact) mass is 375 g/mol. The van der Waals surface area contributed by atoms with Crippen LogP contribution in [0.15, 0.2) is 41.0 Å². The summed E-state index contributed by atoms with van der Waals surface area (Å²) in [5, 5.41) is 5.60. The van der Waals surface area contributed by atoms with Crippen molar-refractivity contribution in [2.45, 2.75) is 12.2 Å². The van der Waals surface area contributed by atoms with Gasteiger partial charge in [-0.15, -0.1) is 0 Å². The number of likely N-dealkylation sites (N-methyl/N-ethyl adjacent to an activating group) is 1. The zero-order chi connectivity index (χ0) is 18.4. The summed E-state index contributed by atoms with van der Waals surface area (Å²) in [7, 11) is 1.70. The maximum Gasteiger partial charge on any atom is 0.319 e. The molecule has 0 saturated carbocycles. The Morgan fingerprint density at radius 1 is 1.35 bits per heavy atom. The number of nitrogens with zero attached hydrogens (tertiary/aromatic N) is 1. The third kappa shape index (κ3) is 4.72. The van der Waals surface area contributed by atoms with Crippen LogP contribution in [0, 0.1) is 0 Å². The average Bonchev–Trinajstić information content (AvgIpc) is 3.15. The van der Waals surface area contributed by atoms with Crippen LogP contribution in [0.4, 0.5) is 16.2 Å². The van der Waals surface area contributed by atoms with Crippen molar-refractivity contribution >= 4 is 35.1 Å². The number of benzene rings is 1. The van der Waals surface area contributed by atoms with Gasteiger partial charge in [-0.05, 0) is 36.4 Å². The standard InChI is InChI=1S/C18H21N3O4S/c1-21-15-6-5-13(10-16(15)25-11-17(21)22)20-18(23)19-7-3-9-26-12-14-4-2-8-24-14/h2,4-6,8,10H,3,7,9,11-12H2,1H3,(H2,19,20,23). The molecule has 2 heterocycles. The van der Waals surface area contributed by atoms with E-state index < -0.39 is 0 Å². The van der Waals surface area contributed by atoms with Crippen molar-refractivity contribution in [1.82, 2.24) is 5.32 Å². The third-order valence-electron chi connectivity index (χ3n) is 3.88. The molecular formula is C18H21N3O4S. The summed E-state index contributed by atoms with van der Waals surface area (Å²) in [4.78, 5) is 25.1. The Bertz CT molecular complexity index is 764. The number of nitrogens with one attached hydrogen (secondary N) is 2. The lowest BCUT2D eigenvalue weighted by Gasteiger charge is -2.26. The molecule has 2 N–H and O–H groups in total. The first-order valence-electron chi connectivity index (χ1n) is 8.32. The number of thioether (sulfide) groups is 1. The predicted octanol–water partition coefficient (Wildman–Crippen LogP) is 3.08. The largest absolute Gasteiger partial charge is 0.481 e. The van der Waals surface area contributed by atoms with E-state index in [1.54, 1.807) is 48.2 Å². The number of carbonyl (C=O) groups excluding carboxylic acids is 2. The number of fused-ring (bicyclic) bond motifs is 1.